The third-order valence-corrected chi connectivity index (χ3v) is 3.95. The summed E-state index contributed by atoms with van der Waals surface area (Å²) in [6, 6.07) is 8.63. The van der Waals surface area contributed by atoms with E-state index in [2.05, 4.69) is 43.0 Å². The molecule has 0 spiro atoms. The second kappa shape index (κ2) is 6.89. The molecule has 0 saturated carbocycles. The van der Waals surface area contributed by atoms with Crippen LogP contribution < -0.4 is 0 Å². The molecule has 3 nitrogen and oxygen atoms in total. The summed E-state index contributed by atoms with van der Waals surface area (Å²) in [5.41, 5.74) is 2.88. The lowest BCUT2D eigenvalue weighted by Crippen LogP contribution is -2.37. The molecule has 0 bridgehead atoms. The molecule has 2 rings (SSSR count). The Bertz CT molecular complexity index is 456. The first-order valence-corrected chi connectivity index (χ1v) is 7.58. The molecule has 1 aromatic carbocycles. The Hall–Kier alpha value is -1.35. The van der Waals surface area contributed by atoms with Crippen LogP contribution in [0.25, 0.3) is 0 Å². The van der Waals surface area contributed by atoms with Crippen LogP contribution in [0.4, 0.5) is 0 Å². The second-order valence-electron chi connectivity index (χ2n) is 6.27. The van der Waals surface area contributed by atoms with E-state index in [0.717, 1.165) is 19.5 Å². The largest absolute Gasteiger partial charge is 0.480 e. The normalized spacial score (nSPS) is 18.3. The minimum absolute atomic E-state index is 0.150. The minimum Gasteiger partial charge on any atom is -0.480 e. The standard InChI is InChI=1S/C17H25NO2/c1-13(2)10-18(12-17(19)20)11-15-8-5-7-14-6-3-4-9-16(14)15/h3-4,6,9,13,15H,5,7-8,10-12H2,1-2H3,(H,19,20). The lowest BCUT2D eigenvalue weighted by atomic mass is 9.82. The number of hydrogen-bond acceptors (Lipinski definition) is 2. The maximum atomic E-state index is 11.0. The zero-order valence-electron chi connectivity index (χ0n) is 12.5. The molecule has 0 heterocycles. The first-order chi connectivity index (χ1) is 9.56. The summed E-state index contributed by atoms with van der Waals surface area (Å²) in [5, 5.41) is 9.08. The van der Waals surface area contributed by atoms with Gasteiger partial charge in [-0.05, 0) is 42.2 Å². The van der Waals surface area contributed by atoms with E-state index in [1.807, 2.05) is 0 Å². The predicted molar refractivity (Wildman–Crippen MR) is 81.0 cm³/mol. The fourth-order valence-corrected chi connectivity index (χ4v) is 3.27. The van der Waals surface area contributed by atoms with Gasteiger partial charge in [0.05, 0.1) is 6.54 Å². The Morgan fingerprint density at radius 1 is 1.40 bits per heavy atom. The number of benzene rings is 1. The number of carboxylic acid groups (broad SMARTS) is 1. The summed E-state index contributed by atoms with van der Waals surface area (Å²) < 4.78 is 0. The van der Waals surface area contributed by atoms with E-state index in [-0.39, 0.29) is 6.54 Å². The molecule has 110 valence electrons. The maximum Gasteiger partial charge on any atom is 0.317 e. The maximum absolute atomic E-state index is 11.0. The van der Waals surface area contributed by atoms with Crippen molar-refractivity contribution in [3.8, 4) is 0 Å². The molecule has 0 radical (unpaired) electrons. The van der Waals surface area contributed by atoms with Gasteiger partial charge in [0.1, 0.15) is 0 Å². The average Bonchev–Trinajstić information content (AvgIpc) is 2.37. The number of nitrogens with zero attached hydrogens (tertiary/aromatic N) is 1. The van der Waals surface area contributed by atoms with Crippen LogP contribution in [0, 0.1) is 5.92 Å². The zero-order chi connectivity index (χ0) is 14.5. The third-order valence-electron chi connectivity index (χ3n) is 3.95. The smallest absolute Gasteiger partial charge is 0.317 e. The minimum atomic E-state index is -0.727. The molecule has 0 saturated heterocycles. The molecule has 0 fully saturated rings. The Kier molecular flexibility index (Phi) is 5.18. The molecule has 3 heteroatoms. The molecular formula is C17H25NO2. The Morgan fingerprint density at radius 3 is 2.85 bits per heavy atom. The molecule has 1 unspecified atom stereocenters. The summed E-state index contributed by atoms with van der Waals surface area (Å²) in [4.78, 5) is 13.1. The van der Waals surface area contributed by atoms with Gasteiger partial charge >= 0.3 is 5.97 Å². The average molecular weight is 275 g/mol. The van der Waals surface area contributed by atoms with E-state index in [1.165, 1.54) is 24.0 Å². The monoisotopic (exact) mass is 275 g/mol. The lowest BCUT2D eigenvalue weighted by molar-refractivity contribution is -0.138. The lowest BCUT2D eigenvalue weighted by Gasteiger charge is -2.31. The highest BCUT2D eigenvalue weighted by molar-refractivity contribution is 5.69. The summed E-state index contributed by atoms with van der Waals surface area (Å²) in [6.45, 7) is 6.15. The van der Waals surface area contributed by atoms with E-state index < -0.39 is 5.97 Å². The molecule has 0 aromatic heterocycles. The summed E-state index contributed by atoms with van der Waals surface area (Å²) in [5.74, 6) is 0.251. The fourth-order valence-electron chi connectivity index (χ4n) is 3.27. The van der Waals surface area contributed by atoms with Crippen molar-refractivity contribution in [3.05, 3.63) is 35.4 Å². The summed E-state index contributed by atoms with van der Waals surface area (Å²) in [7, 11) is 0. The highest BCUT2D eigenvalue weighted by Crippen LogP contribution is 2.32. The summed E-state index contributed by atoms with van der Waals surface area (Å²) in [6.07, 6.45) is 3.55. The van der Waals surface area contributed by atoms with Gasteiger partial charge < -0.3 is 5.11 Å². The quantitative estimate of drug-likeness (QED) is 0.867. The molecule has 1 N–H and O–H groups in total. The van der Waals surface area contributed by atoms with E-state index in [1.54, 1.807) is 0 Å². The van der Waals surface area contributed by atoms with Crippen molar-refractivity contribution in [2.45, 2.75) is 39.0 Å². The van der Waals surface area contributed by atoms with Crippen molar-refractivity contribution in [1.29, 1.82) is 0 Å². The Morgan fingerprint density at radius 2 is 2.15 bits per heavy atom. The van der Waals surface area contributed by atoms with E-state index in [0.29, 0.717) is 11.8 Å². The first-order valence-electron chi connectivity index (χ1n) is 7.58. The molecule has 0 amide bonds. The van der Waals surface area contributed by atoms with Crippen molar-refractivity contribution in [2.75, 3.05) is 19.6 Å². The third kappa shape index (κ3) is 4.07. The van der Waals surface area contributed by atoms with Gasteiger partial charge in [-0.1, -0.05) is 38.1 Å². The van der Waals surface area contributed by atoms with Crippen LogP contribution in [0.15, 0.2) is 24.3 Å². The van der Waals surface area contributed by atoms with Crippen LogP contribution >= 0.6 is 0 Å². The Balaban J connectivity index is 2.08. The van der Waals surface area contributed by atoms with Crippen LogP contribution in [0.1, 0.15) is 43.7 Å². The second-order valence-corrected chi connectivity index (χ2v) is 6.27. The van der Waals surface area contributed by atoms with Crippen LogP contribution in [0.3, 0.4) is 0 Å². The topological polar surface area (TPSA) is 40.5 Å². The highest BCUT2D eigenvalue weighted by Gasteiger charge is 2.23. The van der Waals surface area contributed by atoms with Crippen LogP contribution in [0.2, 0.25) is 0 Å². The Labute approximate surface area is 121 Å². The number of carboxylic acids is 1. The van der Waals surface area contributed by atoms with Gasteiger partial charge in [-0.2, -0.15) is 0 Å². The SMILES string of the molecule is CC(C)CN(CC(=O)O)CC1CCCc2ccccc21. The molecule has 1 aromatic rings. The van der Waals surface area contributed by atoms with Crippen LogP contribution in [-0.4, -0.2) is 35.6 Å². The van der Waals surface area contributed by atoms with Gasteiger partial charge in [-0.25, -0.2) is 0 Å². The van der Waals surface area contributed by atoms with E-state index in [9.17, 15) is 4.79 Å². The fraction of sp³-hybridized carbons (Fsp3) is 0.588. The molecule has 20 heavy (non-hydrogen) atoms. The number of aryl methyl sites for hydroxylation is 1. The zero-order valence-corrected chi connectivity index (χ0v) is 12.5. The first kappa shape index (κ1) is 15.0. The van der Waals surface area contributed by atoms with E-state index in [4.69, 9.17) is 5.11 Å². The molecule has 1 aliphatic rings. The van der Waals surface area contributed by atoms with Crippen LogP contribution in [0.5, 0.6) is 0 Å². The number of hydrogen-bond donors (Lipinski definition) is 1. The van der Waals surface area contributed by atoms with Crippen molar-refractivity contribution in [3.63, 3.8) is 0 Å². The molecule has 0 aliphatic heterocycles. The number of fused-ring (bicyclic) bond motifs is 1. The number of rotatable bonds is 6. The number of aliphatic carboxylic acids is 1. The predicted octanol–water partition coefficient (Wildman–Crippen LogP) is 3.15. The number of carbonyl (C=O) groups is 1. The van der Waals surface area contributed by atoms with Crippen LogP contribution in [-0.2, 0) is 11.2 Å². The van der Waals surface area contributed by atoms with Crippen molar-refractivity contribution >= 4 is 5.97 Å². The van der Waals surface area contributed by atoms with Gasteiger partial charge in [0.25, 0.3) is 0 Å². The van der Waals surface area contributed by atoms with Gasteiger partial charge in [0, 0.05) is 13.1 Å². The molecule has 1 atom stereocenters. The van der Waals surface area contributed by atoms with Gasteiger partial charge in [0.2, 0.25) is 0 Å². The van der Waals surface area contributed by atoms with Crippen molar-refractivity contribution in [1.82, 2.24) is 4.90 Å². The van der Waals surface area contributed by atoms with Gasteiger partial charge in [-0.15, -0.1) is 0 Å². The highest BCUT2D eigenvalue weighted by atomic mass is 16.4. The molecular weight excluding hydrogens is 250 g/mol. The molecule has 1 aliphatic carbocycles. The van der Waals surface area contributed by atoms with Crippen molar-refractivity contribution < 1.29 is 9.90 Å². The van der Waals surface area contributed by atoms with E-state index >= 15 is 0 Å². The summed E-state index contributed by atoms with van der Waals surface area (Å²) >= 11 is 0. The van der Waals surface area contributed by atoms with Gasteiger partial charge in [0.15, 0.2) is 0 Å². The van der Waals surface area contributed by atoms with Gasteiger partial charge in [-0.3, -0.25) is 9.69 Å². The van der Waals surface area contributed by atoms with Crippen molar-refractivity contribution in [2.24, 2.45) is 5.92 Å².